The smallest absolute Gasteiger partial charge is 0.254 e. The van der Waals surface area contributed by atoms with Gasteiger partial charge in [-0.25, -0.2) is 9.97 Å². The van der Waals surface area contributed by atoms with Gasteiger partial charge in [-0.3, -0.25) is 9.59 Å². The summed E-state index contributed by atoms with van der Waals surface area (Å²) in [6.45, 7) is 9.22. The first-order chi connectivity index (χ1) is 35.9. The number of nitrogens with zero attached hydrogens (tertiary/aromatic N) is 6. The summed E-state index contributed by atoms with van der Waals surface area (Å²) in [4.78, 5) is 46.6. The minimum absolute atomic E-state index is 0.0498. The highest BCUT2D eigenvalue weighted by Crippen LogP contribution is 2.39. The molecule has 0 spiro atoms. The number of carbonyl (C=O) groups is 2. The number of likely N-dealkylation sites (tertiary alicyclic amines) is 4. The average molecular weight is 999 g/mol. The van der Waals surface area contributed by atoms with Crippen molar-refractivity contribution in [3.05, 3.63) is 137 Å². The lowest BCUT2D eigenvalue weighted by Crippen LogP contribution is -2.42. The fourth-order valence-electron chi connectivity index (χ4n) is 11.6. The molecule has 73 heavy (non-hydrogen) atoms. The molecule has 2 amide bonds. The fourth-order valence-corrected chi connectivity index (χ4v) is 11.8. The van der Waals surface area contributed by atoms with Crippen LogP contribution in [0.5, 0.6) is 23.0 Å². The van der Waals surface area contributed by atoms with Crippen molar-refractivity contribution < 1.29 is 28.5 Å². The number of benzene rings is 5. The summed E-state index contributed by atoms with van der Waals surface area (Å²) in [5.74, 6) is 3.85. The second-order valence-electron chi connectivity index (χ2n) is 20.1. The molecule has 0 unspecified atom stereocenters. The second-order valence-corrected chi connectivity index (χ2v) is 20.5. The zero-order valence-electron chi connectivity index (χ0n) is 41.1. The highest BCUT2D eigenvalue weighted by atomic mass is 35.5. The van der Waals surface area contributed by atoms with Crippen LogP contribution < -0.4 is 24.3 Å². The van der Waals surface area contributed by atoms with E-state index in [2.05, 4.69) is 54.2 Å². The molecule has 5 aromatic carbocycles. The molecule has 13 nitrogen and oxygen atoms in total. The van der Waals surface area contributed by atoms with Gasteiger partial charge in [-0.1, -0.05) is 66.2 Å². The van der Waals surface area contributed by atoms with Gasteiger partial charge in [0.15, 0.2) is 23.0 Å². The molecule has 374 valence electrons. The first-order valence-corrected chi connectivity index (χ1v) is 26.4. The third kappa shape index (κ3) is 10.1. The summed E-state index contributed by atoms with van der Waals surface area (Å²) < 4.78 is 22.1. The van der Waals surface area contributed by atoms with Gasteiger partial charge in [0, 0.05) is 55.6 Å². The van der Waals surface area contributed by atoms with E-state index in [0.29, 0.717) is 28.6 Å². The van der Waals surface area contributed by atoms with Crippen molar-refractivity contribution in [3.8, 4) is 45.3 Å². The van der Waals surface area contributed by atoms with Crippen molar-refractivity contribution in [1.29, 1.82) is 0 Å². The molecule has 6 aliphatic rings. The van der Waals surface area contributed by atoms with Crippen molar-refractivity contribution in [2.75, 3.05) is 71.3 Å². The van der Waals surface area contributed by atoms with Crippen LogP contribution >= 0.6 is 11.6 Å². The van der Waals surface area contributed by atoms with Gasteiger partial charge in [-0.05, 0) is 166 Å². The molecule has 0 aliphatic carbocycles. The normalized spacial score (nSPS) is 19.2. The van der Waals surface area contributed by atoms with Crippen LogP contribution in [-0.2, 0) is 6.54 Å². The van der Waals surface area contributed by atoms with E-state index in [9.17, 15) is 9.59 Å². The molecule has 4 fully saturated rings. The highest BCUT2D eigenvalue weighted by molar-refractivity contribution is 6.30. The molecule has 0 bridgehead atoms. The molecule has 0 saturated carbocycles. The molecular weight excluding hydrogens is 938 g/mol. The van der Waals surface area contributed by atoms with Gasteiger partial charge in [0.1, 0.15) is 11.0 Å². The third-order valence-electron chi connectivity index (χ3n) is 15.4. The minimum Gasteiger partial charge on any atom is -0.454 e. The number of fused-ring (bicyclic) bond motifs is 4. The number of hydrogen-bond acceptors (Lipinski definition) is 11. The Hall–Kier alpha value is -6.93. The molecule has 7 aromatic rings. The van der Waals surface area contributed by atoms with Crippen molar-refractivity contribution >= 4 is 51.0 Å². The number of ether oxygens (including phenoxy) is 4. The average Bonchev–Trinajstić information content (AvgIpc) is 4.30. The Morgan fingerprint density at radius 2 is 1.00 bits per heavy atom. The Labute approximate surface area is 430 Å². The van der Waals surface area contributed by atoms with E-state index in [-0.39, 0.29) is 37.5 Å². The van der Waals surface area contributed by atoms with E-state index in [1.807, 2.05) is 84.9 Å². The molecule has 6 aliphatic heterocycles. The van der Waals surface area contributed by atoms with E-state index < -0.39 is 0 Å². The molecule has 0 radical (unpaired) electrons. The van der Waals surface area contributed by atoms with Crippen LogP contribution in [0.25, 0.3) is 44.1 Å². The molecule has 13 rings (SSSR count). The number of rotatable bonds is 11. The Kier molecular flexibility index (Phi) is 13.5. The van der Waals surface area contributed by atoms with Crippen LogP contribution in [0.3, 0.4) is 0 Å². The van der Waals surface area contributed by atoms with E-state index in [1.165, 1.54) is 31.2 Å². The number of nitrogens with one attached hydrogen (secondary N) is 1. The molecule has 4 saturated heterocycles. The largest absolute Gasteiger partial charge is 0.454 e. The van der Waals surface area contributed by atoms with Crippen LogP contribution in [0.2, 0.25) is 5.15 Å². The predicted molar refractivity (Wildman–Crippen MR) is 285 cm³/mol. The summed E-state index contributed by atoms with van der Waals surface area (Å²) >= 11 is 6.35. The lowest BCUT2D eigenvalue weighted by atomic mass is 9.99. The zero-order chi connectivity index (χ0) is 49.3. The van der Waals surface area contributed by atoms with Crippen LogP contribution in [0, 0.1) is 0 Å². The summed E-state index contributed by atoms with van der Waals surface area (Å²) in [6.07, 6.45) is 9.25. The lowest BCUT2D eigenvalue weighted by molar-refractivity contribution is 0.0703. The first-order valence-electron chi connectivity index (χ1n) is 26.1. The molecule has 2 aromatic heterocycles. The number of aromatic nitrogens is 2. The van der Waals surface area contributed by atoms with Crippen LogP contribution in [-0.4, -0.2) is 119 Å². The van der Waals surface area contributed by atoms with Gasteiger partial charge in [-0.15, -0.1) is 0 Å². The lowest BCUT2D eigenvalue weighted by Gasteiger charge is -2.29. The summed E-state index contributed by atoms with van der Waals surface area (Å²) in [5.41, 5.74) is 8.06. The number of halogens is 1. The molecular formula is C59H60ClN7O6. The summed E-state index contributed by atoms with van der Waals surface area (Å²) in [6, 6.07) is 38.5. The van der Waals surface area contributed by atoms with Crippen LogP contribution in [0.15, 0.2) is 115 Å². The molecule has 14 heteroatoms. The fraction of sp³-hybridized carbons (Fsp3) is 0.356. The van der Waals surface area contributed by atoms with Gasteiger partial charge >= 0.3 is 0 Å². The Morgan fingerprint density at radius 3 is 1.55 bits per heavy atom. The number of carbonyl (C=O) groups excluding carboxylic acids is 2. The SMILES string of the molecule is O=C(c1cc(Cl)nc2ccc(-c3ccc4c(c3)OCO4)cc12)N1CCC[C@H]1CN1CCCC1.O=C(c1cc(NCc2ccccc2)nc2ccc(-c3ccc4c(c3)OCO4)cc12)N1CCC[C@H]1CN1CCCC1. The number of hydrogen-bond donors (Lipinski definition) is 1. The predicted octanol–water partition coefficient (Wildman–Crippen LogP) is 10.9. The van der Waals surface area contributed by atoms with Gasteiger partial charge in [0.25, 0.3) is 11.8 Å². The van der Waals surface area contributed by atoms with E-state index in [0.717, 1.165) is 145 Å². The maximum atomic E-state index is 14.3. The topological polar surface area (TPSA) is 122 Å². The van der Waals surface area contributed by atoms with Crippen LogP contribution in [0.1, 0.15) is 77.6 Å². The van der Waals surface area contributed by atoms with Gasteiger partial charge in [0.2, 0.25) is 13.6 Å². The first kappa shape index (κ1) is 47.1. The number of pyridine rings is 2. The standard InChI is InChI=1S/C33H34N4O3.C26H26ClN3O3/c38-33(37-16-6-9-26(37)21-36-14-4-5-15-36)28-19-32(34-20-23-7-2-1-3-8-23)35-29-12-10-24(17-27(28)29)25-11-13-30-31(18-25)40-22-39-30;27-25-14-21(26(31)30-11-3-4-19(30)15-29-9-1-2-10-29)20-12-17(5-7-22(20)28-25)18-6-8-23-24(13-18)33-16-32-23/h1-3,7-8,10-13,17-19,26H,4-6,9,14-16,20-22H2,(H,34,35);5-8,12-14,19H,1-4,9-11,15-16H2/t26-;19-/m00/s1. The van der Waals surface area contributed by atoms with Crippen LogP contribution in [0.4, 0.5) is 5.82 Å². The van der Waals surface area contributed by atoms with Crippen molar-refractivity contribution in [3.63, 3.8) is 0 Å². The van der Waals surface area contributed by atoms with Crippen molar-refractivity contribution in [2.24, 2.45) is 0 Å². The monoisotopic (exact) mass is 997 g/mol. The molecule has 2 atom stereocenters. The van der Waals surface area contributed by atoms with Gasteiger partial charge < -0.3 is 43.9 Å². The summed E-state index contributed by atoms with van der Waals surface area (Å²) in [5, 5.41) is 5.51. The van der Waals surface area contributed by atoms with Gasteiger partial charge in [-0.2, -0.15) is 0 Å². The third-order valence-corrected chi connectivity index (χ3v) is 15.6. The molecule has 1 N–H and O–H groups in total. The highest BCUT2D eigenvalue weighted by Gasteiger charge is 2.34. The maximum Gasteiger partial charge on any atom is 0.254 e. The quantitative estimate of drug-likeness (QED) is 0.125. The maximum absolute atomic E-state index is 14.3. The Bertz CT molecular complexity index is 3180. The summed E-state index contributed by atoms with van der Waals surface area (Å²) in [7, 11) is 0. The second kappa shape index (κ2) is 20.9. The van der Waals surface area contributed by atoms with Crippen molar-refractivity contribution in [1.82, 2.24) is 29.6 Å². The minimum atomic E-state index is 0.0498. The Morgan fingerprint density at radius 1 is 0.521 bits per heavy atom. The molecule has 8 heterocycles. The Balaban J connectivity index is 0.000000151. The van der Waals surface area contributed by atoms with E-state index in [1.54, 1.807) is 6.07 Å². The van der Waals surface area contributed by atoms with E-state index in [4.69, 9.17) is 35.5 Å². The van der Waals surface area contributed by atoms with Crippen molar-refractivity contribution in [2.45, 2.75) is 70.0 Å². The van der Waals surface area contributed by atoms with E-state index >= 15 is 0 Å². The number of anilines is 1. The van der Waals surface area contributed by atoms with Gasteiger partial charge in [0.05, 0.1) is 22.2 Å². The zero-order valence-corrected chi connectivity index (χ0v) is 41.8. The number of amides is 2.